The standard InChI is InChI=1S/C13H26BNO2S/c1-10(2)18(11(3)4,12(5)6)15-8-7-13(9-15)14(16)17/h7-12,16-17H,1-6H3. The predicted octanol–water partition coefficient (Wildman–Crippen LogP) is 1.96. The van der Waals surface area contributed by atoms with Gasteiger partial charge in [-0.05, 0) is 6.07 Å². The largest absolute Gasteiger partial charge is 0.490 e. The molecule has 0 bridgehead atoms. The monoisotopic (exact) mass is 271 g/mol. The third kappa shape index (κ3) is 2.49. The predicted molar refractivity (Wildman–Crippen MR) is 82.7 cm³/mol. The summed E-state index contributed by atoms with van der Waals surface area (Å²) >= 11 is 0. The highest BCUT2D eigenvalue weighted by atomic mass is 32.3. The van der Waals surface area contributed by atoms with Crippen molar-refractivity contribution in [2.75, 3.05) is 0 Å². The Hall–Kier alpha value is -0.385. The first-order chi connectivity index (χ1) is 8.24. The van der Waals surface area contributed by atoms with Crippen LogP contribution < -0.4 is 5.46 Å². The van der Waals surface area contributed by atoms with Crippen molar-refractivity contribution in [2.45, 2.75) is 57.3 Å². The maximum Gasteiger partial charge on any atom is 0.490 e. The van der Waals surface area contributed by atoms with Crippen LogP contribution in [0.3, 0.4) is 0 Å². The first kappa shape index (κ1) is 15.7. The lowest BCUT2D eigenvalue weighted by Crippen LogP contribution is -2.34. The zero-order valence-corrected chi connectivity index (χ0v) is 13.1. The van der Waals surface area contributed by atoms with E-state index in [1.807, 2.05) is 12.4 Å². The fourth-order valence-electron chi connectivity index (χ4n) is 3.11. The lowest BCUT2D eigenvalue weighted by Gasteiger charge is -2.52. The van der Waals surface area contributed by atoms with Gasteiger partial charge in [0.25, 0.3) is 0 Å². The molecular weight excluding hydrogens is 245 g/mol. The van der Waals surface area contributed by atoms with E-state index in [2.05, 4.69) is 45.5 Å². The van der Waals surface area contributed by atoms with Crippen LogP contribution >= 0.6 is 10.2 Å². The van der Waals surface area contributed by atoms with Gasteiger partial charge in [-0.2, -0.15) is 10.2 Å². The minimum Gasteiger partial charge on any atom is -0.423 e. The van der Waals surface area contributed by atoms with Crippen LogP contribution in [0.15, 0.2) is 18.5 Å². The minimum absolute atomic E-state index is 0.550. The quantitative estimate of drug-likeness (QED) is 0.804. The minimum atomic E-state index is -1.38. The molecule has 5 heteroatoms. The van der Waals surface area contributed by atoms with Gasteiger partial charge in [-0.3, -0.25) is 0 Å². The molecule has 0 unspecified atom stereocenters. The summed E-state index contributed by atoms with van der Waals surface area (Å²) in [6.07, 6.45) is 3.91. The van der Waals surface area contributed by atoms with Crippen LogP contribution in [0.4, 0.5) is 0 Å². The van der Waals surface area contributed by atoms with E-state index in [0.717, 1.165) is 0 Å². The third-order valence-corrected chi connectivity index (χ3v) is 9.11. The Balaban J connectivity index is 3.33. The fraction of sp³-hybridized carbons (Fsp3) is 0.692. The summed E-state index contributed by atoms with van der Waals surface area (Å²) in [7, 11) is -2.42. The Morgan fingerprint density at radius 1 is 1.00 bits per heavy atom. The van der Waals surface area contributed by atoms with Crippen LogP contribution in [0.25, 0.3) is 0 Å². The zero-order chi connectivity index (χ0) is 14.1. The summed E-state index contributed by atoms with van der Waals surface area (Å²) in [5.74, 6) is 0. The molecule has 0 saturated heterocycles. The third-order valence-electron chi connectivity index (χ3n) is 3.62. The number of hydrogen-bond acceptors (Lipinski definition) is 2. The summed E-state index contributed by atoms with van der Waals surface area (Å²) in [6.45, 7) is 13.6. The lowest BCUT2D eigenvalue weighted by molar-refractivity contribution is 0.426. The summed E-state index contributed by atoms with van der Waals surface area (Å²) < 4.78 is 2.25. The van der Waals surface area contributed by atoms with Gasteiger partial charge < -0.3 is 14.0 Å². The molecule has 18 heavy (non-hydrogen) atoms. The van der Waals surface area contributed by atoms with Crippen molar-refractivity contribution in [2.24, 2.45) is 0 Å². The molecule has 3 nitrogen and oxygen atoms in total. The second kappa shape index (κ2) is 5.72. The second-order valence-corrected chi connectivity index (χ2v) is 10.2. The fourth-order valence-corrected chi connectivity index (χ4v) is 8.41. The first-order valence-corrected chi connectivity index (χ1v) is 8.37. The first-order valence-electron chi connectivity index (χ1n) is 6.59. The Kier molecular flexibility index (Phi) is 4.98. The highest BCUT2D eigenvalue weighted by Gasteiger charge is 2.36. The van der Waals surface area contributed by atoms with Crippen LogP contribution in [-0.2, 0) is 0 Å². The molecule has 0 aliphatic heterocycles. The Labute approximate surface area is 113 Å². The van der Waals surface area contributed by atoms with Crippen molar-refractivity contribution in [3.8, 4) is 0 Å². The van der Waals surface area contributed by atoms with Gasteiger partial charge >= 0.3 is 7.12 Å². The van der Waals surface area contributed by atoms with E-state index in [9.17, 15) is 10.0 Å². The second-order valence-electron chi connectivity index (χ2n) is 5.55. The average molecular weight is 271 g/mol. The van der Waals surface area contributed by atoms with Gasteiger partial charge in [0, 0.05) is 33.6 Å². The summed E-state index contributed by atoms with van der Waals surface area (Å²) in [5, 5.41) is 20.2. The van der Waals surface area contributed by atoms with E-state index in [4.69, 9.17) is 0 Å². The molecule has 1 rings (SSSR count). The van der Waals surface area contributed by atoms with Gasteiger partial charge in [0.05, 0.1) is 0 Å². The van der Waals surface area contributed by atoms with E-state index in [0.29, 0.717) is 21.2 Å². The van der Waals surface area contributed by atoms with Crippen molar-refractivity contribution in [3.63, 3.8) is 0 Å². The Morgan fingerprint density at radius 2 is 1.44 bits per heavy atom. The van der Waals surface area contributed by atoms with E-state index in [-0.39, 0.29) is 0 Å². The van der Waals surface area contributed by atoms with Gasteiger partial charge in [-0.1, -0.05) is 41.5 Å². The molecule has 0 aliphatic carbocycles. The molecule has 0 radical (unpaired) electrons. The van der Waals surface area contributed by atoms with Crippen LogP contribution in [0, 0.1) is 0 Å². The Morgan fingerprint density at radius 3 is 1.72 bits per heavy atom. The molecule has 1 heterocycles. The molecule has 0 spiro atoms. The van der Waals surface area contributed by atoms with E-state index in [1.54, 1.807) is 6.07 Å². The van der Waals surface area contributed by atoms with Crippen molar-refractivity contribution < 1.29 is 10.0 Å². The van der Waals surface area contributed by atoms with E-state index >= 15 is 0 Å². The maximum atomic E-state index is 9.27. The number of aromatic nitrogens is 1. The van der Waals surface area contributed by atoms with Crippen molar-refractivity contribution in [1.29, 1.82) is 0 Å². The topological polar surface area (TPSA) is 45.4 Å². The van der Waals surface area contributed by atoms with Gasteiger partial charge in [0.15, 0.2) is 0 Å². The molecule has 0 atom stereocenters. The normalized spacial score (nSPS) is 13.7. The van der Waals surface area contributed by atoms with E-state index in [1.165, 1.54) is 0 Å². The highest BCUT2D eigenvalue weighted by molar-refractivity contribution is 8.33. The van der Waals surface area contributed by atoms with E-state index < -0.39 is 17.3 Å². The average Bonchev–Trinajstić information content (AvgIpc) is 2.66. The number of rotatable bonds is 5. The molecule has 104 valence electrons. The molecule has 0 saturated carbocycles. The van der Waals surface area contributed by atoms with Crippen molar-refractivity contribution in [3.05, 3.63) is 18.5 Å². The zero-order valence-electron chi connectivity index (χ0n) is 12.3. The Bertz CT molecular complexity index is 366. The molecule has 0 fully saturated rings. The van der Waals surface area contributed by atoms with Crippen molar-refractivity contribution in [1.82, 2.24) is 3.97 Å². The van der Waals surface area contributed by atoms with Crippen molar-refractivity contribution >= 4 is 22.8 Å². The van der Waals surface area contributed by atoms with Gasteiger partial charge in [0.2, 0.25) is 0 Å². The van der Waals surface area contributed by atoms with Crippen LogP contribution in [0.5, 0.6) is 0 Å². The number of hydrogen-bond donors (Lipinski definition) is 2. The highest BCUT2D eigenvalue weighted by Crippen LogP contribution is 2.60. The van der Waals surface area contributed by atoms with Crippen LogP contribution in [0.1, 0.15) is 41.5 Å². The van der Waals surface area contributed by atoms with Gasteiger partial charge in [-0.25, -0.2) is 0 Å². The lowest BCUT2D eigenvalue weighted by atomic mass is 9.83. The van der Waals surface area contributed by atoms with Gasteiger partial charge in [-0.15, -0.1) is 0 Å². The van der Waals surface area contributed by atoms with Gasteiger partial charge in [0.1, 0.15) is 0 Å². The van der Waals surface area contributed by atoms with Crippen LogP contribution in [-0.4, -0.2) is 36.9 Å². The molecule has 2 N–H and O–H groups in total. The summed E-state index contributed by atoms with van der Waals surface area (Å²) in [5.41, 5.74) is 0.578. The molecule has 1 aromatic rings. The maximum absolute atomic E-state index is 9.27. The molecule has 0 amide bonds. The molecule has 1 aromatic heterocycles. The molecule has 0 aliphatic rings. The smallest absolute Gasteiger partial charge is 0.423 e. The molecular formula is C13H26BNO2S. The SMILES string of the molecule is CC(C)S(C(C)C)(C(C)C)n1ccc(B(O)O)c1. The number of nitrogens with zero attached hydrogens (tertiary/aromatic N) is 1. The summed E-state index contributed by atoms with van der Waals surface area (Å²) in [4.78, 5) is 0. The van der Waals surface area contributed by atoms with Crippen LogP contribution in [0.2, 0.25) is 0 Å². The molecule has 0 aromatic carbocycles. The summed E-state index contributed by atoms with van der Waals surface area (Å²) in [6, 6.07) is 1.81.